The minimum absolute atomic E-state index is 0.0490. The van der Waals surface area contributed by atoms with E-state index in [9.17, 15) is 0 Å². The molecule has 0 amide bonds. The van der Waals surface area contributed by atoms with Gasteiger partial charge in [-0.2, -0.15) is 0 Å². The summed E-state index contributed by atoms with van der Waals surface area (Å²) in [4.78, 5) is 0. The third kappa shape index (κ3) is 2.44. The van der Waals surface area contributed by atoms with Crippen LogP contribution in [-0.2, 0) is 0 Å². The molecule has 0 aliphatic carbocycles. The van der Waals surface area contributed by atoms with Crippen LogP contribution in [0.1, 0.15) is 18.5 Å². The molecule has 4 N–H and O–H groups in total. The second kappa shape index (κ2) is 4.25. The number of rotatable bonds is 3. The van der Waals surface area contributed by atoms with Crippen LogP contribution in [0.3, 0.4) is 0 Å². The van der Waals surface area contributed by atoms with Crippen LogP contribution < -0.4 is 16.2 Å². The van der Waals surface area contributed by atoms with Crippen LogP contribution in [0.4, 0.5) is 0 Å². The van der Waals surface area contributed by atoms with Gasteiger partial charge in [0.1, 0.15) is 5.75 Å². The first-order valence-corrected chi connectivity index (χ1v) is 4.30. The van der Waals surface area contributed by atoms with E-state index in [1.54, 1.807) is 7.11 Å². The summed E-state index contributed by atoms with van der Waals surface area (Å²) in [6.45, 7) is 1.89. The molecule has 2 atom stereocenters. The minimum atomic E-state index is -0.130. The highest BCUT2D eigenvalue weighted by atomic mass is 16.5. The number of ether oxygens (including phenoxy) is 1. The Hall–Kier alpha value is -1.06. The molecule has 72 valence electrons. The smallest absolute Gasteiger partial charge is 0.119 e. The van der Waals surface area contributed by atoms with Gasteiger partial charge in [0.2, 0.25) is 0 Å². The maximum absolute atomic E-state index is 5.88. The van der Waals surface area contributed by atoms with Crippen LogP contribution in [-0.4, -0.2) is 13.2 Å². The zero-order chi connectivity index (χ0) is 9.84. The average molecular weight is 180 g/mol. The van der Waals surface area contributed by atoms with Crippen molar-refractivity contribution in [3.63, 3.8) is 0 Å². The van der Waals surface area contributed by atoms with Gasteiger partial charge in [0.05, 0.1) is 7.11 Å². The van der Waals surface area contributed by atoms with E-state index < -0.39 is 0 Å². The first kappa shape index (κ1) is 10.0. The molecule has 0 radical (unpaired) electrons. The molecule has 0 aliphatic rings. The van der Waals surface area contributed by atoms with Crippen LogP contribution in [0.15, 0.2) is 24.3 Å². The molecule has 0 bridgehead atoms. The fourth-order valence-electron chi connectivity index (χ4n) is 1.15. The lowest BCUT2D eigenvalue weighted by atomic mass is 10.0. The van der Waals surface area contributed by atoms with Gasteiger partial charge in [0.15, 0.2) is 0 Å². The van der Waals surface area contributed by atoms with Crippen LogP contribution in [0.2, 0.25) is 0 Å². The monoisotopic (exact) mass is 180 g/mol. The summed E-state index contributed by atoms with van der Waals surface area (Å²) in [7, 11) is 1.64. The number of hydrogen-bond acceptors (Lipinski definition) is 3. The van der Waals surface area contributed by atoms with Gasteiger partial charge in [-0.15, -0.1) is 0 Å². The number of benzene rings is 1. The quantitative estimate of drug-likeness (QED) is 0.730. The Bertz CT molecular complexity index is 273. The van der Waals surface area contributed by atoms with E-state index in [0.29, 0.717) is 0 Å². The van der Waals surface area contributed by atoms with Crippen LogP contribution in [0, 0.1) is 0 Å². The molecule has 0 fully saturated rings. The Labute approximate surface area is 78.7 Å². The van der Waals surface area contributed by atoms with Crippen molar-refractivity contribution in [3.05, 3.63) is 29.8 Å². The summed E-state index contributed by atoms with van der Waals surface area (Å²) in [5, 5.41) is 0. The van der Waals surface area contributed by atoms with Crippen molar-refractivity contribution < 1.29 is 4.74 Å². The van der Waals surface area contributed by atoms with Crippen molar-refractivity contribution in [1.29, 1.82) is 0 Å². The molecule has 0 aliphatic heterocycles. The van der Waals surface area contributed by atoms with Gasteiger partial charge in [-0.25, -0.2) is 0 Å². The van der Waals surface area contributed by atoms with E-state index in [2.05, 4.69) is 0 Å². The number of hydrogen-bond donors (Lipinski definition) is 2. The predicted molar refractivity (Wildman–Crippen MR) is 53.6 cm³/mol. The Balaban J connectivity index is 2.88. The largest absolute Gasteiger partial charge is 0.497 e. The highest BCUT2D eigenvalue weighted by Crippen LogP contribution is 2.18. The van der Waals surface area contributed by atoms with E-state index in [0.717, 1.165) is 11.3 Å². The van der Waals surface area contributed by atoms with Crippen molar-refractivity contribution in [1.82, 2.24) is 0 Å². The molecule has 0 saturated heterocycles. The topological polar surface area (TPSA) is 61.3 Å². The second-order valence-corrected chi connectivity index (χ2v) is 3.16. The van der Waals surface area contributed by atoms with Crippen molar-refractivity contribution in [2.45, 2.75) is 19.0 Å². The molecule has 1 aromatic carbocycles. The van der Waals surface area contributed by atoms with Crippen LogP contribution in [0.25, 0.3) is 0 Å². The van der Waals surface area contributed by atoms with Crippen molar-refractivity contribution in [2.75, 3.05) is 7.11 Å². The lowest BCUT2D eigenvalue weighted by molar-refractivity contribution is 0.413. The Morgan fingerprint density at radius 3 is 2.54 bits per heavy atom. The first-order valence-electron chi connectivity index (χ1n) is 4.30. The maximum Gasteiger partial charge on any atom is 0.119 e. The summed E-state index contributed by atoms with van der Waals surface area (Å²) in [6.07, 6.45) is 0. The van der Waals surface area contributed by atoms with E-state index in [-0.39, 0.29) is 12.1 Å². The van der Waals surface area contributed by atoms with E-state index >= 15 is 0 Å². The molecule has 1 aromatic rings. The molecule has 2 unspecified atom stereocenters. The highest BCUT2D eigenvalue weighted by molar-refractivity contribution is 5.30. The molecule has 0 saturated carbocycles. The molecule has 13 heavy (non-hydrogen) atoms. The fourth-order valence-corrected chi connectivity index (χ4v) is 1.15. The van der Waals surface area contributed by atoms with E-state index in [1.807, 2.05) is 31.2 Å². The van der Waals surface area contributed by atoms with E-state index in [4.69, 9.17) is 16.2 Å². The van der Waals surface area contributed by atoms with Gasteiger partial charge in [-0.05, 0) is 24.6 Å². The highest BCUT2D eigenvalue weighted by Gasteiger charge is 2.10. The molecule has 0 heterocycles. The zero-order valence-corrected chi connectivity index (χ0v) is 8.03. The Kier molecular flexibility index (Phi) is 3.28. The molecule has 0 spiro atoms. The molecule has 3 heteroatoms. The maximum atomic E-state index is 5.88. The number of nitrogens with two attached hydrogens (primary N) is 2. The molecular weight excluding hydrogens is 164 g/mol. The molecule has 1 rings (SSSR count). The first-order chi connectivity index (χ1) is 6.15. The Morgan fingerprint density at radius 1 is 1.31 bits per heavy atom. The lowest BCUT2D eigenvalue weighted by Crippen LogP contribution is -2.30. The van der Waals surface area contributed by atoms with Crippen molar-refractivity contribution in [2.24, 2.45) is 11.5 Å². The van der Waals surface area contributed by atoms with Gasteiger partial charge < -0.3 is 16.2 Å². The van der Waals surface area contributed by atoms with Gasteiger partial charge in [0, 0.05) is 12.1 Å². The van der Waals surface area contributed by atoms with Gasteiger partial charge >= 0.3 is 0 Å². The summed E-state index contributed by atoms with van der Waals surface area (Å²) in [5.41, 5.74) is 12.6. The SMILES string of the molecule is COc1cccc(C(N)C(C)N)c1. The molecule has 0 aromatic heterocycles. The second-order valence-electron chi connectivity index (χ2n) is 3.16. The molecular formula is C10H16N2O. The minimum Gasteiger partial charge on any atom is -0.497 e. The molecule has 3 nitrogen and oxygen atoms in total. The average Bonchev–Trinajstić information content (AvgIpc) is 2.16. The fraction of sp³-hybridized carbons (Fsp3) is 0.400. The van der Waals surface area contributed by atoms with Crippen LogP contribution in [0.5, 0.6) is 5.75 Å². The summed E-state index contributed by atoms with van der Waals surface area (Å²) in [5.74, 6) is 0.814. The summed E-state index contributed by atoms with van der Waals surface area (Å²) in [6, 6.07) is 7.49. The zero-order valence-electron chi connectivity index (χ0n) is 8.03. The third-order valence-electron chi connectivity index (χ3n) is 2.05. The predicted octanol–water partition coefficient (Wildman–Crippen LogP) is 1.04. The van der Waals surface area contributed by atoms with Crippen molar-refractivity contribution >= 4 is 0 Å². The summed E-state index contributed by atoms with van der Waals surface area (Å²) < 4.78 is 5.09. The standard InChI is InChI=1S/C10H16N2O/c1-7(11)10(12)8-4-3-5-9(6-8)13-2/h3-7,10H,11-12H2,1-2H3. The normalized spacial score (nSPS) is 15.1. The Morgan fingerprint density at radius 2 is 2.00 bits per heavy atom. The van der Waals surface area contributed by atoms with Gasteiger partial charge in [-0.3, -0.25) is 0 Å². The van der Waals surface area contributed by atoms with Gasteiger partial charge in [-0.1, -0.05) is 12.1 Å². The number of methoxy groups -OCH3 is 1. The summed E-state index contributed by atoms with van der Waals surface area (Å²) >= 11 is 0. The van der Waals surface area contributed by atoms with E-state index in [1.165, 1.54) is 0 Å². The van der Waals surface area contributed by atoms with Crippen LogP contribution >= 0.6 is 0 Å². The van der Waals surface area contributed by atoms with Gasteiger partial charge in [0.25, 0.3) is 0 Å². The third-order valence-corrected chi connectivity index (χ3v) is 2.05. The lowest BCUT2D eigenvalue weighted by Gasteiger charge is -2.16. The van der Waals surface area contributed by atoms with Crippen molar-refractivity contribution in [3.8, 4) is 5.75 Å².